The van der Waals surface area contributed by atoms with Crippen LogP contribution in [0.4, 0.5) is 13.2 Å². The van der Waals surface area contributed by atoms with Gasteiger partial charge in [0.05, 0.1) is 0 Å². The topological polar surface area (TPSA) is 86.8 Å². The number of piperazine rings is 1. The van der Waals surface area contributed by atoms with Gasteiger partial charge in [-0.1, -0.05) is 6.92 Å². The van der Waals surface area contributed by atoms with E-state index < -0.39 is 32.4 Å². The molecule has 29 heavy (non-hydrogen) atoms. The largest absolute Gasteiger partial charge is 0.355 e. The molecule has 1 saturated heterocycles. The molecule has 2 amide bonds. The van der Waals surface area contributed by atoms with Crippen LogP contribution in [0.3, 0.4) is 0 Å². The zero-order valence-electron chi connectivity index (χ0n) is 15.8. The lowest BCUT2D eigenvalue weighted by molar-refractivity contribution is -0.132. The molecule has 2 atom stereocenters. The van der Waals surface area contributed by atoms with E-state index >= 15 is 0 Å². The van der Waals surface area contributed by atoms with Crippen LogP contribution in [-0.2, 0) is 19.6 Å². The van der Waals surface area contributed by atoms with Crippen molar-refractivity contribution in [2.24, 2.45) is 11.8 Å². The fourth-order valence-corrected chi connectivity index (χ4v) is 4.77. The fraction of sp³-hybridized carbons (Fsp3) is 0.556. The molecule has 1 aromatic carbocycles. The molecule has 2 aliphatic rings. The third kappa shape index (κ3) is 4.55. The lowest BCUT2D eigenvalue weighted by Crippen LogP contribution is -2.51. The molecule has 11 heteroatoms. The summed E-state index contributed by atoms with van der Waals surface area (Å²) in [4.78, 5) is 24.5. The molecule has 3 rings (SSSR count). The van der Waals surface area contributed by atoms with Gasteiger partial charge in [0.2, 0.25) is 21.8 Å². The molecule has 1 aromatic rings. The van der Waals surface area contributed by atoms with Crippen LogP contribution in [0.1, 0.15) is 19.8 Å². The van der Waals surface area contributed by atoms with E-state index in [0.717, 1.165) is 10.7 Å². The van der Waals surface area contributed by atoms with Crippen LogP contribution in [-0.4, -0.2) is 62.2 Å². The maximum atomic E-state index is 13.9. The van der Waals surface area contributed by atoms with Crippen molar-refractivity contribution >= 4 is 21.8 Å². The van der Waals surface area contributed by atoms with Crippen molar-refractivity contribution in [1.29, 1.82) is 0 Å². The zero-order chi connectivity index (χ0) is 21.3. The highest BCUT2D eigenvalue weighted by Crippen LogP contribution is 2.37. The molecule has 1 N–H and O–H groups in total. The first-order chi connectivity index (χ1) is 13.6. The summed E-state index contributed by atoms with van der Waals surface area (Å²) >= 11 is 0. The smallest absolute Gasteiger partial charge is 0.246 e. The number of halogens is 3. The number of sulfonamides is 1. The van der Waals surface area contributed by atoms with E-state index in [0.29, 0.717) is 18.1 Å². The normalized spacial score (nSPS) is 22.4. The Morgan fingerprint density at radius 3 is 2.31 bits per heavy atom. The standard InChI is InChI=1S/C18H22F3N3O4S/c1-11-10-12(11)18(26)22-5-4-15(25)23-6-8-24(9-7-23)29(27,28)14-3-2-13(19)16(20)17(14)21/h2-3,11-12H,4-10H2,1H3,(H,22,26). The Kier molecular flexibility index (Phi) is 6.18. The Bertz CT molecular complexity index is 917. The lowest BCUT2D eigenvalue weighted by Gasteiger charge is -2.34. The van der Waals surface area contributed by atoms with Crippen molar-refractivity contribution in [3.05, 3.63) is 29.6 Å². The molecule has 0 aromatic heterocycles. The average molecular weight is 433 g/mol. The van der Waals surface area contributed by atoms with Gasteiger partial charge in [-0.3, -0.25) is 9.59 Å². The van der Waals surface area contributed by atoms with Crippen LogP contribution in [0, 0.1) is 29.3 Å². The summed E-state index contributed by atoms with van der Waals surface area (Å²) in [7, 11) is -4.36. The van der Waals surface area contributed by atoms with E-state index in [-0.39, 0.29) is 56.9 Å². The molecule has 160 valence electrons. The molecule has 7 nitrogen and oxygen atoms in total. The van der Waals surface area contributed by atoms with E-state index in [1.54, 1.807) is 0 Å². The summed E-state index contributed by atoms with van der Waals surface area (Å²) in [5.41, 5.74) is 0. The lowest BCUT2D eigenvalue weighted by atomic mass is 10.3. The van der Waals surface area contributed by atoms with Gasteiger partial charge in [0.25, 0.3) is 0 Å². The van der Waals surface area contributed by atoms with Crippen molar-refractivity contribution in [3.8, 4) is 0 Å². The molecule has 1 aliphatic carbocycles. The van der Waals surface area contributed by atoms with Gasteiger partial charge in [0.15, 0.2) is 17.5 Å². The van der Waals surface area contributed by atoms with E-state index in [1.807, 2.05) is 6.92 Å². The number of nitrogens with one attached hydrogen (secondary N) is 1. The maximum absolute atomic E-state index is 13.9. The van der Waals surface area contributed by atoms with Gasteiger partial charge < -0.3 is 10.2 Å². The van der Waals surface area contributed by atoms with E-state index in [2.05, 4.69) is 5.32 Å². The second kappa shape index (κ2) is 8.31. The minimum atomic E-state index is -4.36. The van der Waals surface area contributed by atoms with Crippen LogP contribution < -0.4 is 5.32 Å². The second-order valence-electron chi connectivity index (χ2n) is 7.32. The molecule has 1 saturated carbocycles. The molecule has 2 unspecified atom stereocenters. The highest BCUT2D eigenvalue weighted by Gasteiger charge is 2.39. The Morgan fingerprint density at radius 2 is 1.72 bits per heavy atom. The summed E-state index contributed by atoms with van der Waals surface area (Å²) in [5.74, 6) is -4.97. The molecule has 1 aliphatic heterocycles. The summed E-state index contributed by atoms with van der Waals surface area (Å²) in [6.45, 7) is 2.15. The van der Waals surface area contributed by atoms with Crippen molar-refractivity contribution < 1.29 is 31.2 Å². The number of hydrogen-bond acceptors (Lipinski definition) is 4. The fourth-order valence-electron chi connectivity index (χ4n) is 3.29. The van der Waals surface area contributed by atoms with Gasteiger partial charge in [-0.15, -0.1) is 0 Å². The first-order valence-corrected chi connectivity index (χ1v) is 10.8. The quantitative estimate of drug-likeness (QED) is 0.681. The highest BCUT2D eigenvalue weighted by molar-refractivity contribution is 7.89. The first kappa shape index (κ1) is 21.6. The van der Waals surface area contributed by atoms with Crippen LogP contribution in [0.5, 0.6) is 0 Å². The number of nitrogens with zero attached hydrogens (tertiary/aromatic N) is 2. The monoisotopic (exact) mass is 433 g/mol. The van der Waals surface area contributed by atoms with Gasteiger partial charge >= 0.3 is 0 Å². The van der Waals surface area contributed by atoms with Crippen molar-refractivity contribution in [2.45, 2.75) is 24.7 Å². The average Bonchev–Trinajstić information content (AvgIpc) is 3.42. The van der Waals surface area contributed by atoms with Crippen LogP contribution in [0.25, 0.3) is 0 Å². The molecular formula is C18H22F3N3O4S. The SMILES string of the molecule is CC1CC1C(=O)NCCC(=O)N1CCN(S(=O)(=O)c2ccc(F)c(F)c2F)CC1. The Balaban J connectivity index is 1.52. The van der Waals surface area contributed by atoms with E-state index in [4.69, 9.17) is 0 Å². The first-order valence-electron chi connectivity index (χ1n) is 9.32. The number of amides is 2. The molecule has 1 heterocycles. The van der Waals surface area contributed by atoms with Crippen LogP contribution in [0.15, 0.2) is 17.0 Å². The summed E-state index contributed by atoms with van der Waals surface area (Å²) in [6, 6.07) is 1.24. The van der Waals surface area contributed by atoms with Crippen molar-refractivity contribution in [3.63, 3.8) is 0 Å². The zero-order valence-corrected chi connectivity index (χ0v) is 16.6. The van der Waals surface area contributed by atoms with Crippen LogP contribution >= 0.6 is 0 Å². The summed E-state index contributed by atoms with van der Waals surface area (Å²) in [6.07, 6.45) is 0.951. The van der Waals surface area contributed by atoms with Crippen molar-refractivity contribution in [1.82, 2.24) is 14.5 Å². The van der Waals surface area contributed by atoms with Gasteiger partial charge in [0.1, 0.15) is 4.90 Å². The third-order valence-corrected chi connectivity index (χ3v) is 7.21. The second-order valence-corrected chi connectivity index (χ2v) is 9.23. The van der Waals surface area contributed by atoms with Gasteiger partial charge in [-0.2, -0.15) is 4.31 Å². The maximum Gasteiger partial charge on any atom is 0.246 e. The number of carbonyl (C=O) groups excluding carboxylic acids is 2. The van der Waals surface area contributed by atoms with E-state index in [9.17, 15) is 31.2 Å². The van der Waals surface area contributed by atoms with Gasteiger partial charge in [-0.05, 0) is 24.5 Å². The number of carbonyl (C=O) groups is 2. The Labute approximate surface area is 166 Å². The molecule has 2 fully saturated rings. The molecule has 0 bridgehead atoms. The summed E-state index contributed by atoms with van der Waals surface area (Å²) in [5, 5.41) is 2.72. The number of hydrogen-bond donors (Lipinski definition) is 1. The minimum absolute atomic E-state index is 0.0237. The third-order valence-electron chi connectivity index (χ3n) is 5.29. The van der Waals surface area contributed by atoms with E-state index in [1.165, 1.54) is 4.90 Å². The number of rotatable bonds is 6. The van der Waals surface area contributed by atoms with Crippen molar-refractivity contribution in [2.75, 3.05) is 32.7 Å². The number of benzene rings is 1. The van der Waals surface area contributed by atoms with Gasteiger partial charge in [0, 0.05) is 45.1 Å². The minimum Gasteiger partial charge on any atom is -0.355 e. The highest BCUT2D eigenvalue weighted by atomic mass is 32.2. The van der Waals surface area contributed by atoms with Crippen LogP contribution in [0.2, 0.25) is 0 Å². The summed E-state index contributed by atoms with van der Waals surface area (Å²) < 4.78 is 66.3. The predicted molar refractivity (Wildman–Crippen MR) is 96.6 cm³/mol. The Morgan fingerprint density at radius 1 is 1.10 bits per heavy atom. The molecule has 0 radical (unpaired) electrons. The molecular weight excluding hydrogens is 411 g/mol. The predicted octanol–water partition coefficient (Wildman–Crippen LogP) is 1.10. The Hall–Kier alpha value is -2.14. The van der Waals surface area contributed by atoms with Gasteiger partial charge in [-0.25, -0.2) is 21.6 Å². The molecule has 0 spiro atoms.